The minimum atomic E-state index is 0.973. The van der Waals surface area contributed by atoms with Gasteiger partial charge in [0.15, 0.2) is 0 Å². The highest BCUT2D eigenvalue weighted by atomic mass is 15.3. The molecule has 1 aromatic heterocycles. The highest BCUT2D eigenvalue weighted by Gasteiger charge is 2.08. The molecule has 0 saturated heterocycles. The maximum atomic E-state index is 4.33. The third-order valence-corrected chi connectivity index (χ3v) is 1.79. The molecule has 1 N–H and O–H groups in total. The van der Waals surface area contributed by atoms with Crippen molar-refractivity contribution >= 4 is 0 Å². The van der Waals surface area contributed by atoms with Gasteiger partial charge in [0.05, 0.1) is 17.9 Å². The molecule has 2 heterocycles. The van der Waals surface area contributed by atoms with Crippen molar-refractivity contribution in [3.05, 3.63) is 17.5 Å². The zero-order chi connectivity index (χ0) is 11.0. The Morgan fingerprint density at radius 3 is 2.50 bits per heavy atom. The van der Waals surface area contributed by atoms with E-state index in [-0.39, 0.29) is 0 Å². The van der Waals surface area contributed by atoms with Crippen LogP contribution in [0.5, 0.6) is 0 Å². The second-order valence-corrected chi connectivity index (χ2v) is 2.68. The monoisotopic (exact) mass is 197 g/mol. The van der Waals surface area contributed by atoms with Gasteiger partial charge in [-0.3, -0.25) is 4.68 Å². The minimum Gasteiger partial charge on any atom is -0.309 e. The van der Waals surface area contributed by atoms with Crippen molar-refractivity contribution in [3.8, 4) is 0 Å². The van der Waals surface area contributed by atoms with Crippen LogP contribution in [0.2, 0.25) is 0 Å². The molecule has 0 aliphatic carbocycles. The lowest BCUT2D eigenvalue weighted by molar-refractivity contribution is 0.474. The molecule has 14 heavy (non-hydrogen) atoms. The minimum absolute atomic E-state index is 0.973. The largest absolute Gasteiger partial charge is 0.309 e. The summed E-state index contributed by atoms with van der Waals surface area (Å²) in [6.07, 6.45) is 0. The standard InChI is InChI=1S/C7H11N3.2C2H6/c1-6-4-7-5-8-2-3-10(7)9-6;2*1-2/h4,8H,2-3,5H2,1H3;2*1-2H3. The van der Waals surface area contributed by atoms with Gasteiger partial charge in [-0.25, -0.2) is 0 Å². The Balaban J connectivity index is 0.000000379. The fourth-order valence-corrected chi connectivity index (χ4v) is 1.34. The van der Waals surface area contributed by atoms with E-state index in [1.165, 1.54) is 5.69 Å². The van der Waals surface area contributed by atoms with E-state index in [9.17, 15) is 0 Å². The fourth-order valence-electron chi connectivity index (χ4n) is 1.34. The number of nitrogens with one attached hydrogen (secondary N) is 1. The Morgan fingerprint density at radius 2 is 1.93 bits per heavy atom. The van der Waals surface area contributed by atoms with Gasteiger partial charge in [0.1, 0.15) is 0 Å². The van der Waals surface area contributed by atoms with Crippen LogP contribution in [0.4, 0.5) is 0 Å². The van der Waals surface area contributed by atoms with E-state index < -0.39 is 0 Å². The van der Waals surface area contributed by atoms with Crippen molar-refractivity contribution in [1.82, 2.24) is 15.1 Å². The van der Waals surface area contributed by atoms with Crippen LogP contribution in [0.15, 0.2) is 6.07 Å². The number of nitrogens with zero attached hydrogens (tertiary/aromatic N) is 2. The van der Waals surface area contributed by atoms with Gasteiger partial charge >= 0.3 is 0 Å². The number of aryl methyl sites for hydroxylation is 1. The van der Waals surface area contributed by atoms with E-state index in [1.54, 1.807) is 0 Å². The average Bonchev–Trinajstić information content (AvgIpc) is 2.64. The molecule has 0 unspecified atom stereocenters. The number of hydrogen-bond acceptors (Lipinski definition) is 2. The third kappa shape index (κ3) is 3.50. The Bertz CT molecular complexity index is 217. The fraction of sp³-hybridized carbons (Fsp3) is 0.727. The molecule has 1 aromatic rings. The molecule has 0 radical (unpaired) electrons. The molecule has 0 amide bonds. The lowest BCUT2D eigenvalue weighted by atomic mass is 10.3. The van der Waals surface area contributed by atoms with E-state index in [4.69, 9.17) is 0 Å². The Morgan fingerprint density at radius 1 is 1.29 bits per heavy atom. The molecule has 0 aromatic carbocycles. The quantitative estimate of drug-likeness (QED) is 0.692. The summed E-state index contributed by atoms with van der Waals surface area (Å²) in [5.41, 5.74) is 2.43. The molecule has 0 fully saturated rings. The third-order valence-electron chi connectivity index (χ3n) is 1.79. The molecule has 3 heteroatoms. The molecule has 1 aliphatic rings. The highest BCUT2D eigenvalue weighted by Crippen LogP contribution is 2.05. The van der Waals surface area contributed by atoms with E-state index in [0.29, 0.717) is 0 Å². The van der Waals surface area contributed by atoms with Crippen molar-refractivity contribution in [2.24, 2.45) is 0 Å². The zero-order valence-corrected chi connectivity index (χ0v) is 10.1. The van der Waals surface area contributed by atoms with E-state index >= 15 is 0 Å². The summed E-state index contributed by atoms with van der Waals surface area (Å²) in [7, 11) is 0. The van der Waals surface area contributed by atoms with Gasteiger partial charge in [0.2, 0.25) is 0 Å². The van der Waals surface area contributed by atoms with Crippen LogP contribution in [-0.2, 0) is 13.1 Å². The molecule has 0 bridgehead atoms. The molecule has 0 spiro atoms. The zero-order valence-electron chi connectivity index (χ0n) is 10.1. The van der Waals surface area contributed by atoms with Gasteiger partial charge in [-0.2, -0.15) is 5.10 Å². The van der Waals surface area contributed by atoms with Gasteiger partial charge in [-0.15, -0.1) is 0 Å². The van der Waals surface area contributed by atoms with Crippen LogP contribution in [0.3, 0.4) is 0 Å². The second kappa shape index (κ2) is 7.56. The number of hydrogen-bond donors (Lipinski definition) is 1. The topological polar surface area (TPSA) is 29.9 Å². The smallest absolute Gasteiger partial charge is 0.0597 e. The summed E-state index contributed by atoms with van der Waals surface area (Å²) < 4.78 is 2.08. The Hall–Kier alpha value is -0.830. The van der Waals surface area contributed by atoms with Gasteiger partial charge in [0, 0.05) is 13.1 Å². The molecular formula is C11H23N3. The highest BCUT2D eigenvalue weighted by molar-refractivity contribution is 5.09. The lowest BCUT2D eigenvalue weighted by Gasteiger charge is -2.13. The van der Waals surface area contributed by atoms with E-state index in [1.807, 2.05) is 34.6 Å². The first kappa shape index (κ1) is 13.2. The van der Waals surface area contributed by atoms with E-state index in [2.05, 4.69) is 21.2 Å². The van der Waals surface area contributed by atoms with E-state index in [0.717, 1.165) is 25.3 Å². The van der Waals surface area contributed by atoms with Crippen LogP contribution in [0.25, 0.3) is 0 Å². The van der Waals surface area contributed by atoms with Gasteiger partial charge in [-0.05, 0) is 13.0 Å². The molecule has 0 atom stereocenters. The summed E-state index contributed by atoms with van der Waals surface area (Å²) in [6.45, 7) is 13.1. The predicted octanol–water partition coefficient (Wildman–Crippen LogP) is 2.35. The first-order valence-corrected chi connectivity index (χ1v) is 5.60. The first-order valence-electron chi connectivity index (χ1n) is 5.60. The maximum absolute atomic E-state index is 4.33. The number of fused-ring (bicyclic) bond motifs is 1. The molecular weight excluding hydrogens is 174 g/mol. The Kier molecular flexibility index (Phi) is 7.11. The van der Waals surface area contributed by atoms with Crippen LogP contribution in [-0.4, -0.2) is 16.3 Å². The molecule has 2 rings (SSSR count). The van der Waals surface area contributed by atoms with Gasteiger partial charge < -0.3 is 5.32 Å². The summed E-state index contributed by atoms with van der Waals surface area (Å²) >= 11 is 0. The van der Waals surface area contributed by atoms with Crippen LogP contribution in [0.1, 0.15) is 39.1 Å². The second-order valence-electron chi connectivity index (χ2n) is 2.68. The molecule has 1 aliphatic heterocycles. The summed E-state index contributed by atoms with van der Waals surface area (Å²) in [5.74, 6) is 0. The number of rotatable bonds is 0. The normalized spacial score (nSPS) is 12.9. The summed E-state index contributed by atoms with van der Waals surface area (Å²) in [6, 6.07) is 2.13. The lowest BCUT2D eigenvalue weighted by Crippen LogP contribution is -2.28. The van der Waals surface area contributed by atoms with Crippen molar-refractivity contribution in [3.63, 3.8) is 0 Å². The van der Waals surface area contributed by atoms with Crippen LogP contribution >= 0.6 is 0 Å². The SMILES string of the molecule is CC.CC.Cc1cc2n(n1)CCNC2. The summed E-state index contributed by atoms with van der Waals surface area (Å²) in [4.78, 5) is 0. The first-order chi connectivity index (χ1) is 6.86. The van der Waals surface area contributed by atoms with Gasteiger partial charge in [0.25, 0.3) is 0 Å². The average molecular weight is 197 g/mol. The van der Waals surface area contributed by atoms with Crippen molar-refractivity contribution in [1.29, 1.82) is 0 Å². The Labute approximate surface area is 87.5 Å². The predicted molar refractivity (Wildman–Crippen MR) is 61.4 cm³/mol. The molecule has 3 nitrogen and oxygen atoms in total. The van der Waals surface area contributed by atoms with Crippen LogP contribution < -0.4 is 5.32 Å². The van der Waals surface area contributed by atoms with Crippen molar-refractivity contribution in [2.75, 3.05) is 6.54 Å². The summed E-state index contributed by atoms with van der Waals surface area (Å²) in [5, 5.41) is 7.62. The molecule has 0 saturated carbocycles. The van der Waals surface area contributed by atoms with Crippen molar-refractivity contribution < 1.29 is 0 Å². The van der Waals surface area contributed by atoms with Gasteiger partial charge in [-0.1, -0.05) is 27.7 Å². The maximum Gasteiger partial charge on any atom is 0.0597 e. The van der Waals surface area contributed by atoms with Crippen LogP contribution in [0, 0.1) is 6.92 Å². The molecule has 82 valence electrons. The van der Waals surface area contributed by atoms with Crippen molar-refractivity contribution in [2.45, 2.75) is 47.7 Å². The number of aromatic nitrogens is 2.